The minimum atomic E-state index is -0.721. The molecule has 1 aromatic rings. The molecule has 0 aliphatic heterocycles. The maximum Gasteiger partial charge on any atom is 0.309 e. The smallest absolute Gasteiger partial charge is 0.309 e. The van der Waals surface area contributed by atoms with Gasteiger partial charge in [0.05, 0.1) is 18.6 Å². The lowest BCUT2D eigenvalue weighted by Gasteiger charge is -2.24. The fourth-order valence-corrected chi connectivity index (χ4v) is 2.42. The molecule has 1 aliphatic rings. The van der Waals surface area contributed by atoms with Crippen LogP contribution in [0.2, 0.25) is 0 Å². The summed E-state index contributed by atoms with van der Waals surface area (Å²) in [6.07, 6.45) is 2.55. The summed E-state index contributed by atoms with van der Waals surface area (Å²) in [5.41, 5.74) is -0.666. The monoisotopic (exact) mass is 278 g/mol. The Bertz CT molecular complexity index is 467. The lowest BCUT2D eigenvalue weighted by atomic mass is 9.82. The average Bonchev–Trinajstić information content (AvgIpc) is 3.25. The first kappa shape index (κ1) is 14.7. The molecule has 4 heteroatoms. The fraction of sp³-hybridized carbons (Fsp3) is 0.562. The molecule has 1 aromatic carbocycles. The van der Waals surface area contributed by atoms with E-state index < -0.39 is 11.4 Å². The molecule has 1 unspecified atom stereocenters. The molecule has 20 heavy (non-hydrogen) atoms. The normalized spacial score (nSPS) is 17.3. The number of carboxylic acid groups (broad SMARTS) is 1. The highest BCUT2D eigenvalue weighted by Crippen LogP contribution is 2.47. The van der Waals surface area contributed by atoms with Gasteiger partial charge in [0.2, 0.25) is 0 Å². The van der Waals surface area contributed by atoms with E-state index in [1.165, 1.54) is 0 Å². The summed E-state index contributed by atoms with van der Waals surface area (Å²) in [5.74, 6) is 0.962. The number of ether oxygens (including phenoxy) is 2. The zero-order valence-corrected chi connectivity index (χ0v) is 12.1. The van der Waals surface area contributed by atoms with Crippen LogP contribution in [0.5, 0.6) is 11.5 Å². The van der Waals surface area contributed by atoms with Crippen molar-refractivity contribution >= 4 is 5.97 Å². The van der Waals surface area contributed by atoms with E-state index in [0.29, 0.717) is 37.1 Å². The van der Waals surface area contributed by atoms with Crippen molar-refractivity contribution in [2.24, 2.45) is 11.3 Å². The minimum absolute atomic E-state index is 0.297. The fourth-order valence-electron chi connectivity index (χ4n) is 2.42. The SMILES string of the molecule is CCOc1ccccc1OCCC(C)(C(=O)O)C1CC1. The predicted molar refractivity (Wildman–Crippen MR) is 76.2 cm³/mol. The van der Waals surface area contributed by atoms with Gasteiger partial charge in [-0.05, 0) is 51.2 Å². The van der Waals surface area contributed by atoms with Crippen LogP contribution >= 0.6 is 0 Å². The number of rotatable bonds is 8. The molecule has 0 bridgehead atoms. The number of hydrogen-bond donors (Lipinski definition) is 1. The van der Waals surface area contributed by atoms with Crippen LogP contribution in [-0.4, -0.2) is 24.3 Å². The Morgan fingerprint density at radius 1 is 1.30 bits per heavy atom. The van der Waals surface area contributed by atoms with E-state index in [1.54, 1.807) is 0 Å². The largest absolute Gasteiger partial charge is 0.490 e. The third-order valence-electron chi connectivity index (χ3n) is 3.99. The molecule has 1 N–H and O–H groups in total. The van der Waals surface area contributed by atoms with E-state index in [0.717, 1.165) is 12.8 Å². The molecule has 1 aliphatic carbocycles. The van der Waals surface area contributed by atoms with E-state index in [9.17, 15) is 9.90 Å². The maximum absolute atomic E-state index is 11.4. The van der Waals surface area contributed by atoms with Crippen molar-refractivity contribution in [2.45, 2.75) is 33.1 Å². The third-order valence-corrected chi connectivity index (χ3v) is 3.99. The summed E-state index contributed by atoms with van der Waals surface area (Å²) < 4.78 is 11.2. The highest BCUT2D eigenvalue weighted by Gasteiger charge is 2.47. The number of aliphatic carboxylic acids is 1. The molecule has 2 rings (SSSR count). The minimum Gasteiger partial charge on any atom is -0.490 e. The molecule has 1 saturated carbocycles. The molecule has 0 amide bonds. The van der Waals surface area contributed by atoms with Crippen molar-refractivity contribution in [3.8, 4) is 11.5 Å². The zero-order chi connectivity index (χ0) is 14.6. The van der Waals surface area contributed by atoms with E-state index in [2.05, 4.69) is 0 Å². The number of carbonyl (C=O) groups is 1. The van der Waals surface area contributed by atoms with E-state index >= 15 is 0 Å². The number of hydrogen-bond acceptors (Lipinski definition) is 3. The highest BCUT2D eigenvalue weighted by molar-refractivity contribution is 5.75. The lowest BCUT2D eigenvalue weighted by molar-refractivity contribution is -0.150. The van der Waals surface area contributed by atoms with Gasteiger partial charge in [-0.3, -0.25) is 4.79 Å². The molecule has 1 atom stereocenters. The van der Waals surface area contributed by atoms with Gasteiger partial charge in [0.1, 0.15) is 0 Å². The average molecular weight is 278 g/mol. The van der Waals surface area contributed by atoms with Gasteiger partial charge in [-0.25, -0.2) is 0 Å². The first-order valence-electron chi connectivity index (χ1n) is 7.16. The summed E-state index contributed by atoms with van der Waals surface area (Å²) in [5, 5.41) is 9.40. The first-order chi connectivity index (χ1) is 9.58. The molecular formula is C16H22O4. The molecule has 0 radical (unpaired) electrons. The first-order valence-corrected chi connectivity index (χ1v) is 7.16. The summed E-state index contributed by atoms with van der Waals surface area (Å²) in [6, 6.07) is 7.48. The molecule has 1 fully saturated rings. The molecule has 0 spiro atoms. The summed E-state index contributed by atoms with van der Waals surface area (Å²) in [4.78, 5) is 11.4. The quantitative estimate of drug-likeness (QED) is 0.792. The molecule has 0 aromatic heterocycles. The van der Waals surface area contributed by atoms with Crippen molar-refractivity contribution in [1.29, 1.82) is 0 Å². The summed E-state index contributed by atoms with van der Waals surface area (Å²) in [7, 11) is 0. The van der Waals surface area contributed by atoms with Gasteiger partial charge in [-0.1, -0.05) is 12.1 Å². The van der Waals surface area contributed by atoms with Gasteiger partial charge in [0, 0.05) is 0 Å². The van der Waals surface area contributed by atoms with Crippen molar-refractivity contribution in [3.63, 3.8) is 0 Å². The summed E-state index contributed by atoms with van der Waals surface area (Å²) >= 11 is 0. The lowest BCUT2D eigenvalue weighted by Crippen LogP contribution is -2.31. The topological polar surface area (TPSA) is 55.8 Å². The molecule has 4 nitrogen and oxygen atoms in total. The Balaban J connectivity index is 1.94. The van der Waals surface area contributed by atoms with Crippen LogP contribution in [0, 0.1) is 11.3 Å². The Labute approximate surface area is 119 Å². The summed E-state index contributed by atoms with van der Waals surface area (Å²) in [6.45, 7) is 4.72. The van der Waals surface area contributed by atoms with Crippen molar-refractivity contribution in [3.05, 3.63) is 24.3 Å². The number of para-hydroxylation sites is 2. The van der Waals surface area contributed by atoms with Crippen LogP contribution in [0.1, 0.15) is 33.1 Å². The van der Waals surface area contributed by atoms with Gasteiger partial charge < -0.3 is 14.6 Å². The third kappa shape index (κ3) is 3.24. The van der Waals surface area contributed by atoms with Gasteiger partial charge in [-0.15, -0.1) is 0 Å². The van der Waals surface area contributed by atoms with Crippen molar-refractivity contribution < 1.29 is 19.4 Å². The second-order valence-electron chi connectivity index (χ2n) is 5.48. The van der Waals surface area contributed by atoms with E-state index in [-0.39, 0.29) is 0 Å². The predicted octanol–water partition coefficient (Wildman–Crippen LogP) is 3.36. The van der Waals surface area contributed by atoms with Crippen LogP contribution in [0.25, 0.3) is 0 Å². The van der Waals surface area contributed by atoms with Crippen LogP contribution < -0.4 is 9.47 Å². The Morgan fingerprint density at radius 3 is 2.40 bits per heavy atom. The van der Waals surface area contributed by atoms with Crippen molar-refractivity contribution in [2.75, 3.05) is 13.2 Å². The van der Waals surface area contributed by atoms with Gasteiger partial charge in [0.25, 0.3) is 0 Å². The standard InChI is InChI=1S/C16H22O4/c1-3-19-13-6-4-5-7-14(13)20-11-10-16(2,15(17)18)12-8-9-12/h4-7,12H,3,8-11H2,1-2H3,(H,17,18). The van der Waals surface area contributed by atoms with Crippen LogP contribution in [0.4, 0.5) is 0 Å². The van der Waals surface area contributed by atoms with Gasteiger partial charge in [0.15, 0.2) is 11.5 Å². The molecular weight excluding hydrogens is 256 g/mol. The second-order valence-corrected chi connectivity index (χ2v) is 5.48. The van der Waals surface area contributed by atoms with Crippen LogP contribution in [0.3, 0.4) is 0 Å². The Kier molecular flexibility index (Phi) is 4.53. The van der Waals surface area contributed by atoms with Gasteiger partial charge in [-0.2, -0.15) is 0 Å². The Morgan fingerprint density at radius 2 is 1.90 bits per heavy atom. The maximum atomic E-state index is 11.4. The highest BCUT2D eigenvalue weighted by atomic mass is 16.5. The van der Waals surface area contributed by atoms with Crippen molar-refractivity contribution in [1.82, 2.24) is 0 Å². The molecule has 110 valence electrons. The Hall–Kier alpha value is -1.71. The zero-order valence-electron chi connectivity index (χ0n) is 12.1. The second kappa shape index (κ2) is 6.16. The van der Waals surface area contributed by atoms with Crippen LogP contribution in [0.15, 0.2) is 24.3 Å². The van der Waals surface area contributed by atoms with Crippen LogP contribution in [-0.2, 0) is 4.79 Å². The molecule has 0 heterocycles. The number of carboxylic acids is 1. The number of benzene rings is 1. The van der Waals surface area contributed by atoms with Gasteiger partial charge >= 0.3 is 5.97 Å². The molecule has 0 saturated heterocycles. The van der Waals surface area contributed by atoms with E-state index in [4.69, 9.17) is 9.47 Å². The van der Waals surface area contributed by atoms with E-state index in [1.807, 2.05) is 38.1 Å².